The lowest BCUT2D eigenvalue weighted by Gasteiger charge is -2.06. The number of nitrogens with zero attached hydrogens (tertiary/aromatic N) is 2. The number of hydrogen-bond donors (Lipinski definition) is 1. The predicted octanol–water partition coefficient (Wildman–Crippen LogP) is 1.96. The molecule has 15 heavy (non-hydrogen) atoms. The van der Waals surface area contributed by atoms with Crippen LogP contribution in [0.2, 0.25) is 0 Å². The van der Waals surface area contributed by atoms with Gasteiger partial charge in [0, 0.05) is 17.5 Å². The van der Waals surface area contributed by atoms with Crippen LogP contribution in [0.15, 0.2) is 21.6 Å². The quantitative estimate of drug-likeness (QED) is 0.864. The Labute approximate surface area is 91.6 Å². The zero-order chi connectivity index (χ0) is 10.8. The molecule has 0 unspecified atom stereocenters. The second-order valence-corrected chi connectivity index (χ2v) is 4.65. The minimum atomic E-state index is -0.134. The van der Waals surface area contributed by atoms with Crippen LogP contribution in [-0.4, -0.2) is 14.8 Å². The lowest BCUT2D eigenvalue weighted by atomic mass is 10.2. The summed E-state index contributed by atoms with van der Waals surface area (Å²) in [5.41, 5.74) is 0.865. The number of H-pyrrole nitrogens is 1. The van der Waals surface area contributed by atoms with Crippen molar-refractivity contribution in [2.45, 2.75) is 20.4 Å². The Kier molecular flexibility index (Phi) is 2.73. The summed E-state index contributed by atoms with van der Waals surface area (Å²) >= 11 is 1.60. The van der Waals surface area contributed by atoms with Gasteiger partial charge in [-0.25, -0.2) is 9.89 Å². The average molecular weight is 223 g/mol. The maximum Gasteiger partial charge on any atom is 0.343 e. The standard InChI is InChI=1S/C10H13N3OS/c1-7(2)5-13-9(11-12-10(13)14)8-3-4-15-6-8/h3-4,6-7H,5H2,1-2H3,(H,12,14). The summed E-state index contributed by atoms with van der Waals surface area (Å²) in [6.07, 6.45) is 0. The number of nitrogens with one attached hydrogen (secondary N) is 1. The SMILES string of the molecule is CC(C)Cn1c(-c2ccsc2)n[nH]c1=O. The Morgan fingerprint density at radius 3 is 3.00 bits per heavy atom. The first kappa shape index (κ1) is 10.2. The Hall–Kier alpha value is -1.36. The molecule has 2 heterocycles. The third-order valence-electron chi connectivity index (χ3n) is 2.09. The van der Waals surface area contributed by atoms with Crippen molar-refractivity contribution in [2.24, 2.45) is 5.92 Å². The highest BCUT2D eigenvalue weighted by Crippen LogP contribution is 2.18. The van der Waals surface area contributed by atoms with Gasteiger partial charge in [0.05, 0.1) is 0 Å². The maximum absolute atomic E-state index is 11.5. The van der Waals surface area contributed by atoms with Crippen LogP contribution in [0, 0.1) is 5.92 Å². The Morgan fingerprint density at radius 1 is 1.60 bits per heavy atom. The lowest BCUT2D eigenvalue weighted by molar-refractivity contribution is 0.515. The molecule has 0 radical (unpaired) electrons. The first-order chi connectivity index (χ1) is 7.18. The van der Waals surface area contributed by atoms with Gasteiger partial charge in [0.1, 0.15) is 0 Å². The third kappa shape index (κ3) is 2.02. The van der Waals surface area contributed by atoms with Crippen LogP contribution in [0.4, 0.5) is 0 Å². The van der Waals surface area contributed by atoms with Gasteiger partial charge in [-0.15, -0.1) is 0 Å². The summed E-state index contributed by atoms with van der Waals surface area (Å²) in [4.78, 5) is 11.5. The highest BCUT2D eigenvalue weighted by atomic mass is 32.1. The van der Waals surface area contributed by atoms with Crippen LogP contribution >= 0.6 is 11.3 Å². The van der Waals surface area contributed by atoms with E-state index in [-0.39, 0.29) is 5.69 Å². The van der Waals surface area contributed by atoms with Crippen molar-refractivity contribution in [1.29, 1.82) is 0 Å². The number of aromatic amines is 1. The molecule has 0 spiro atoms. The van der Waals surface area contributed by atoms with Gasteiger partial charge in [-0.2, -0.15) is 16.4 Å². The van der Waals surface area contributed by atoms with Crippen LogP contribution in [0.5, 0.6) is 0 Å². The first-order valence-corrected chi connectivity index (χ1v) is 5.80. The van der Waals surface area contributed by atoms with Crippen LogP contribution in [0.1, 0.15) is 13.8 Å². The normalized spacial score (nSPS) is 11.1. The molecule has 0 aromatic carbocycles. The summed E-state index contributed by atoms with van der Waals surface area (Å²) in [6.45, 7) is 4.86. The topological polar surface area (TPSA) is 50.7 Å². The molecule has 1 N–H and O–H groups in total. The van der Waals surface area contributed by atoms with E-state index in [2.05, 4.69) is 24.0 Å². The molecule has 0 aliphatic rings. The van der Waals surface area contributed by atoms with Crippen molar-refractivity contribution in [3.05, 3.63) is 27.3 Å². The van der Waals surface area contributed by atoms with Crippen LogP contribution in [-0.2, 0) is 6.54 Å². The molecule has 0 saturated heterocycles. The van der Waals surface area contributed by atoms with Crippen molar-refractivity contribution >= 4 is 11.3 Å². The molecule has 0 bridgehead atoms. The van der Waals surface area contributed by atoms with Crippen molar-refractivity contribution in [2.75, 3.05) is 0 Å². The number of rotatable bonds is 3. The van der Waals surface area contributed by atoms with Gasteiger partial charge < -0.3 is 0 Å². The van der Waals surface area contributed by atoms with Gasteiger partial charge in [-0.05, 0) is 17.4 Å². The second kappa shape index (κ2) is 4.02. The van der Waals surface area contributed by atoms with E-state index >= 15 is 0 Å². The molecule has 4 nitrogen and oxygen atoms in total. The van der Waals surface area contributed by atoms with Gasteiger partial charge in [0.25, 0.3) is 0 Å². The molecule has 80 valence electrons. The zero-order valence-corrected chi connectivity index (χ0v) is 9.54. The molecule has 0 saturated carbocycles. The smallest absolute Gasteiger partial charge is 0.275 e. The summed E-state index contributed by atoms with van der Waals surface area (Å²) in [5.74, 6) is 1.16. The Morgan fingerprint density at radius 2 is 2.40 bits per heavy atom. The van der Waals surface area contributed by atoms with Crippen molar-refractivity contribution < 1.29 is 0 Å². The number of hydrogen-bond acceptors (Lipinski definition) is 3. The van der Waals surface area contributed by atoms with Crippen molar-refractivity contribution in [3.8, 4) is 11.4 Å². The fourth-order valence-corrected chi connectivity index (χ4v) is 2.10. The Bertz CT molecular complexity index is 481. The van der Waals surface area contributed by atoms with E-state index in [0.717, 1.165) is 11.4 Å². The van der Waals surface area contributed by atoms with Gasteiger partial charge in [0.2, 0.25) is 0 Å². The summed E-state index contributed by atoms with van der Waals surface area (Å²) in [5, 5.41) is 10.5. The largest absolute Gasteiger partial charge is 0.343 e. The monoisotopic (exact) mass is 223 g/mol. The minimum absolute atomic E-state index is 0.134. The van der Waals surface area contributed by atoms with Crippen molar-refractivity contribution in [1.82, 2.24) is 14.8 Å². The highest BCUT2D eigenvalue weighted by molar-refractivity contribution is 7.08. The van der Waals surface area contributed by atoms with E-state index in [1.807, 2.05) is 16.8 Å². The van der Waals surface area contributed by atoms with E-state index in [0.29, 0.717) is 12.5 Å². The molecular formula is C10H13N3OS. The summed E-state index contributed by atoms with van der Waals surface area (Å²) in [6, 6.07) is 1.97. The second-order valence-electron chi connectivity index (χ2n) is 3.87. The fourth-order valence-electron chi connectivity index (χ4n) is 1.46. The maximum atomic E-state index is 11.5. The van der Waals surface area contributed by atoms with Crippen molar-refractivity contribution in [3.63, 3.8) is 0 Å². The molecule has 2 aromatic heterocycles. The molecule has 0 atom stereocenters. The van der Waals surface area contributed by atoms with E-state index in [9.17, 15) is 4.79 Å². The Balaban J connectivity index is 2.45. The summed E-state index contributed by atoms with van der Waals surface area (Å²) < 4.78 is 1.69. The zero-order valence-electron chi connectivity index (χ0n) is 8.73. The van der Waals surface area contributed by atoms with Crippen LogP contribution in [0.25, 0.3) is 11.4 Å². The van der Waals surface area contributed by atoms with Gasteiger partial charge in [-0.3, -0.25) is 4.57 Å². The first-order valence-electron chi connectivity index (χ1n) is 4.86. The number of aromatic nitrogens is 3. The molecule has 2 rings (SSSR count). The van der Waals surface area contributed by atoms with E-state index in [1.165, 1.54) is 0 Å². The minimum Gasteiger partial charge on any atom is -0.275 e. The van der Waals surface area contributed by atoms with E-state index in [4.69, 9.17) is 0 Å². The molecule has 0 aliphatic carbocycles. The van der Waals surface area contributed by atoms with Crippen LogP contribution < -0.4 is 5.69 Å². The lowest BCUT2D eigenvalue weighted by Crippen LogP contribution is -2.20. The molecule has 2 aromatic rings. The molecule has 0 amide bonds. The fraction of sp³-hybridized carbons (Fsp3) is 0.400. The number of thiophene rings is 1. The summed E-state index contributed by atoms with van der Waals surface area (Å²) in [7, 11) is 0. The predicted molar refractivity (Wildman–Crippen MR) is 61.0 cm³/mol. The third-order valence-corrected chi connectivity index (χ3v) is 2.77. The highest BCUT2D eigenvalue weighted by Gasteiger charge is 2.11. The van der Waals surface area contributed by atoms with Gasteiger partial charge >= 0.3 is 5.69 Å². The molecule has 5 heteroatoms. The van der Waals surface area contributed by atoms with Gasteiger partial charge in [-0.1, -0.05) is 13.8 Å². The van der Waals surface area contributed by atoms with E-state index in [1.54, 1.807) is 15.9 Å². The van der Waals surface area contributed by atoms with Crippen LogP contribution in [0.3, 0.4) is 0 Å². The molecule has 0 fully saturated rings. The molecular weight excluding hydrogens is 210 g/mol. The van der Waals surface area contributed by atoms with Gasteiger partial charge in [0.15, 0.2) is 5.82 Å². The van der Waals surface area contributed by atoms with E-state index < -0.39 is 0 Å². The molecule has 0 aliphatic heterocycles. The average Bonchev–Trinajstić information content (AvgIpc) is 2.76.